The van der Waals surface area contributed by atoms with Gasteiger partial charge in [0.1, 0.15) is 18.0 Å². The number of hydrogen-bond donors (Lipinski definition) is 2. The molecule has 0 saturated heterocycles. The second-order valence-electron chi connectivity index (χ2n) is 8.56. The number of benzene rings is 1. The molecular formula is C22H33NO5. The van der Waals surface area contributed by atoms with E-state index in [1.54, 1.807) is 45.0 Å². The van der Waals surface area contributed by atoms with Gasteiger partial charge in [-0.1, -0.05) is 37.8 Å². The van der Waals surface area contributed by atoms with Crippen LogP contribution in [0.5, 0.6) is 5.75 Å². The van der Waals surface area contributed by atoms with Crippen molar-refractivity contribution in [3.8, 4) is 5.75 Å². The Kier molecular flexibility index (Phi) is 7.87. The van der Waals surface area contributed by atoms with Crippen LogP contribution in [0.25, 0.3) is 0 Å². The molecule has 0 heterocycles. The van der Waals surface area contributed by atoms with Crippen LogP contribution in [0, 0.1) is 0 Å². The number of hydrogen-bond acceptors (Lipinski definition) is 5. The first-order chi connectivity index (χ1) is 13.2. The van der Waals surface area contributed by atoms with E-state index in [0.29, 0.717) is 11.3 Å². The van der Waals surface area contributed by atoms with Gasteiger partial charge in [0.15, 0.2) is 5.78 Å². The number of amides is 1. The van der Waals surface area contributed by atoms with Gasteiger partial charge in [-0.2, -0.15) is 0 Å². The Hall–Kier alpha value is -2.08. The molecule has 0 atom stereocenters. The molecule has 28 heavy (non-hydrogen) atoms. The number of carbonyl (C=O) groups excluding carboxylic acids is 2. The molecule has 2 N–H and O–H groups in total. The Bertz CT molecular complexity index is 657. The molecule has 6 nitrogen and oxygen atoms in total. The van der Waals surface area contributed by atoms with Crippen molar-refractivity contribution in [1.82, 2.24) is 5.32 Å². The van der Waals surface area contributed by atoms with E-state index in [2.05, 4.69) is 5.32 Å². The highest BCUT2D eigenvalue weighted by Gasteiger charge is 2.28. The summed E-state index contributed by atoms with van der Waals surface area (Å²) >= 11 is 0. The zero-order valence-corrected chi connectivity index (χ0v) is 17.3. The number of Topliss-reactive ketones (excluding diaryl/α,β-unsaturated/α-hetero) is 1. The lowest BCUT2D eigenvalue weighted by Gasteiger charge is -2.26. The van der Waals surface area contributed by atoms with Crippen molar-refractivity contribution in [2.24, 2.45) is 0 Å². The van der Waals surface area contributed by atoms with Crippen LogP contribution >= 0.6 is 0 Å². The molecule has 0 aromatic heterocycles. The van der Waals surface area contributed by atoms with E-state index in [1.165, 1.54) is 0 Å². The summed E-state index contributed by atoms with van der Waals surface area (Å²) in [6, 6.07) is 6.97. The molecule has 0 aliphatic heterocycles. The van der Waals surface area contributed by atoms with Gasteiger partial charge >= 0.3 is 6.09 Å². The van der Waals surface area contributed by atoms with Gasteiger partial charge in [0.05, 0.1) is 5.60 Å². The molecule has 0 bridgehead atoms. The Balaban J connectivity index is 1.82. The summed E-state index contributed by atoms with van der Waals surface area (Å²) in [6.45, 7) is 5.81. The van der Waals surface area contributed by atoms with Gasteiger partial charge in [0, 0.05) is 18.5 Å². The van der Waals surface area contributed by atoms with E-state index in [1.807, 2.05) is 0 Å². The molecule has 1 saturated carbocycles. The number of rotatable bonds is 7. The van der Waals surface area contributed by atoms with Crippen molar-refractivity contribution in [3.63, 3.8) is 0 Å². The van der Waals surface area contributed by atoms with Crippen LogP contribution < -0.4 is 10.1 Å². The van der Waals surface area contributed by atoms with Crippen molar-refractivity contribution in [1.29, 1.82) is 0 Å². The smallest absolute Gasteiger partial charge is 0.407 e. The van der Waals surface area contributed by atoms with Crippen LogP contribution in [-0.2, 0) is 4.74 Å². The maximum atomic E-state index is 12.4. The van der Waals surface area contributed by atoms with Crippen molar-refractivity contribution >= 4 is 11.9 Å². The van der Waals surface area contributed by atoms with E-state index in [-0.39, 0.29) is 25.4 Å². The summed E-state index contributed by atoms with van der Waals surface area (Å²) in [5.74, 6) is 0.485. The highest BCUT2D eigenvalue weighted by atomic mass is 16.6. The van der Waals surface area contributed by atoms with E-state index >= 15 is 0 Å². The summed E-state index contributed by atoms with van der Waals surface area (Å²) in [5, 5.41) is 13.3. The topological polar surface area (TPSA) is 84.9 Å². The van der Waals surface area contributed by atoms with Crippen LogP contribution in [0.15, 0.2) is 24.3 Å². The molecule has 1 aliphatic carbocycles. The Morgan fingerprint density at radius 1 is 1.14 bits per heavy atom. The first-order valence-corrected chi connectivity index (χ1v) is 10.1. The largest absolute Gasteiger partial charge is 0.491 e. The molecule has 0 spiro atoms. The highest BCUT2D eigenvalue weighted by Crippen LogP contribution is 2.28. The third-order valence-electron chi connectivity index (χ3n) is 4.72. The van der Waals surface area contributed by atoms with Gasteiger partial charge in [0.25, 0.3) is 0 Å². The van der Waals surface area contributed by atoms with Crippen LogP contribution in [0.4, 0.5) is 4.79 Å². The Morgan fingerprint density at radius 3 is 2.46 bits per heavy atom. The minimum Gasteiger partial charge on any atom is -0.491 e. The Morgan fingerprint density at radius 2 is 1.82 bits per heavy atom. The molecule has 1 aliphatic rings. The number of ether oxygens (including phenoxy) is 2. The summed E-state index contributed by atoms with van der Waals surface area (Å²) in [7, 11) is 0. The average Bonchev–Trinajstić information content (AvgIpc) is 2.84. The highest BCUT2D eigenvalue weighted by molar-refractivity contribution is 5.96. The lowest BCUT2D eigenvalue weighted by molar-refractivity contribution is -0.0173. The molecule has 2 rings (SSSR count). The second-order valence-corrected chi connectivity index (χ2v) is 8.56. The van der Waals surface area contributed by atoms with E-state index in [4.69, 9.17) is 9.47 Å². The fourth-order valence-corrected chi connectivity index (χ4v) is 3.24. The van der Waals surface area contributed by atoms with Crippen LogP contribution in [0.1, 0.15) is 76.1 Å². The van der Waals surface area contributed by atoms with Crippen LogP contribution in [0.2, 0.25) is 0 Å². The van der Waals surface area contributed by atoms with Gasteiger partial charge in [0.2, 0.25) is 0 Å². The molecule has 6 heteroatoms. The summed E-state index contributed by atoms with van der Waals surface area (Å²) in [4.78, 5) is 24.0. The lowest BCUT2D eigenvalue weighted by atomic mass is 9.96. The maximum absolute atomic E-state index is 12.4. The fraction of sp³-hybridized carbons (Fsp3) is 0.636. The fourth-order valence-electron chi connectivity index (χ4n) is 3.24. The molecule has 1 fully saturated rings. The van der Waals surface area contributed by atoms with Gasteiger partial charge in [-0.3, -0.25) is 4.79 Å². The normalized spacial score (nSPS) is 16.7. The Labute approximate surface area is 167 Å². The zero-order valence-electron chi connectivity index (χ0n) is 17.3. The van der Waals surface area contributed by atoms with E-state index in [0.717, 1.165) is 38.5 Å². The van der Waals surface area contributed by atoms with Crippen molar-refractivity contribution in [3.05, 3.63) is 29.8 Å². The van der Waals surface area contributed by atoms with Crippen LogP contribution in [0.3, 0.4) is 0 Å². The number of alkyl carbamates (subject to hydrolysis) is 1. The van der Waals surface area contributed by atoms with Gasteiger partial charge in [-0.15, -0.1) is 0 Å². The first kappa shape index (κ1) is 22.2. The van der Waals surface area contributed by atoms with Gasteiger partial charge in [-0.05, 0) is 45.7 Å². The predicted octanol–water partition coefficient (Wildman–Crippen LogP) is 4.25. The number of nitrogens with one attached hydrogen (secondary N) is 1. The molecule has 156 valence electrons. The predicted molar refractivity (Wildman–Crippen MR) is 108 cm³/mol. The van der Waals surface area contributed by atoms with Gasteiger partial charge in [-0.25, -0.2) is 4.79 Å². The maximum Gasteiger partial charge on any atom is 0.407 e. The molecule has 1 amide bonds. The quantitative estimate of drug-likeness (QED) is 0.536. The summed E-state index contributed by atoms with van der Waals surface area (Å²) < 4.78 is 10.9. The van der Waals surface area contributed by atoms with Crippen molar-refractivity contribution in [2.45, 2.75) is 76.9 Å². The minimum absolute atomic E-state index is 0.0883. The number of aliphatic hydroxyl groups is 1. The molecule has 0 radical (unpaired) electrons. The van der Waals surface area contributed by atoms with Crippen LogP contribution in [-0.4, -0.2) is 41.3 Å². The summed E-state index contributed by atoms with van der Waals surface area (Å²) in [5.41, 5.74) is -0.828. The summed E-state index contributed by atoms with van der Waals surface area (Å²) in [6.07, 6.45) is 5.49. The molecule has 1 aromatic carbocycles. The average molecular weight is 392 g/mol. The van der Waals surface area contributed by atoms with Gasteiger partial charge < -0.3 is 19.9 Å². The monoisotopic (exact) mass is 391 g/mol. The zero-order chi connectivity index (χ0) is 20.6. The first-order valence-electron chi connectivity index (χ1n) is 10.1. The molecule has 0 unspecified atom stereocenters. The minimum atomic E-state index is -0.784. The van der Waals surface area contributed by atoms with Crippen molar-refractivity contribution in [2.75, 3.05) is 13.2 Å². The van der Waals surface area contributed by atoms with E-state index in [9.17, 15) is 14.7 Å². The number of carbonyl (C=O) groups is 2. The van der Waals surface area contributed by atoms with Crippen molar-refractivity contribution < 1.29 is 24.2 Å². The SMILES string of the molecule is CC(C)(C)OC(=O)NCCC(=O)c1cccc(OCC2(O)CCCCCC2)c1. The number of ketones is 1. The third-order valence-corrected chi connectivity index (χ3v) is 4.72. The van der Waals surface area contributed by atoms with E-state index < -0.39 is 17.3 Å². The second kappa shape index (κ2) is 9.92. The third kappa shape index (κ3) is 7.89. The lowest BCUT2D eigenvalue weighted by Crippen LogP contribution is -2.35. The molecular weight excluding hydrogens is 358 g/mol. The standard InChI is InChI=1S/C22H33NO5/c1-21(2,3)28-20(25)23-14-11-19(24)17-9-8-10-18(15-17)27-16-22(26)12-6-4-5-7-13-22/h8-10,15,26H,4-7,11-14,16H2,1-3H3,(H,23,25). The molecule has 1 aromatic rings.